The van der Waals surface area contributed by atoms with Crippen molar-refractivity contribution in [3.63, 3.8) is 0 Å². The molecule has 3 aromatic carbocycles. The van der Waals surface area contributed by atoms with Crippen LogP contribution in [-0.2, 0) is 6.18 Å². The maximum atomic E-state index is 13.2. The molecule has 3 saturated heterocycles. The zero-order valence-electron chi connectivity index (χ0n) is 18.3. The molecule has 0 aliphatic carbocycles. The van der Waals surface area contributed by atoms with Gasteiger partial charge in [-0.2, -0.15) is 13.2 Å². The molecule has 2 atom stereocenters. The Kier molecular flexibility index (Phi) is 6.07. The molecule has 0 N–H and O–H groups in total. The molecule has 3 aromatic rings. The molecule has 2 bridgehead atoms. The molecule has 5 heteroatoms. The average Bonchev–Trinajstić information content (AvgIpc) is 2.85. The molecule has 3 fully saturated rings. The van der Waals surface area contributed by atoms with Crippen molar-refractivity contribution >= 4 is 6.21 Å². The van der Waals surface area contributed by atoms with Gasteiger partial charge in [-0.15, -0.1) is 0 Å². The van der Waals surface area contributed by atoms with E-state index >= 15 is 0 Å². The largest absolute Gasteiger partial charge is 0.416 e. The van der Waals surface area contributed by atoms with Gasteiger partial charge in [-0.3, -0.25) is 9.89 Å². The molecule has 6 rings (SSSR count). The molecule has 0 radical (unpaired) electrons. The predicted octanol–water partition coefficient (Wildman–Crippen LogP) is 6.42. The fraction of sp³-hybridized carbons (Fsp3) is 0.321. The second-order valence-corrected chi connectivity index (χ2v) is 9.06. The molecule has 3 heterocycles. The molecule has 2 nitrogen and oxygen atoms in total. The fourth-order valence-electron chi connectivity index (χ4n) is 5.55. The van der Waals surface area contributed by atoms with Crippen LogP contribution in [0.5, 0.6) is 0 Å². The van der Waals surface area contributed by atoms with E-state index in [1.165, 1.54) is 23.3 Å². The molecule has 3 aliphatic heterocycles. The fourth-order valence-corrected chi connectivity index (χ4v) is 5.55. The monoisotopic (exact) mass is 448 g/mol. The van der Waals surface area contributed by atoms with Crippen LogP contribution in [0.15, 0.2) is 89.9 Å². The minimum absolute atomic E-state index is 0.0347. The first-order valence-electron chi connectivity index (χ1n) is 11.5. The normalized spacial score (nSPS) is 25.1. The van der Waals surface area contributed by atoms with E-state index in [9.17, 15) is 13.2 Å². The summed E-state index contributed by atoms with van der Waals surface area (Å²) >= 11 is 0. The number of piperidine rings is 3. The zero-order valence-corrected chi connectivity index (χ0v) is 18.3. The van der Waals surface area contributed by atoms with Crippen molar-refractivity contribution in [2.24, 2.45) is 10.9 Å². The van der Waals surface area contributed by atoms with Crippen LogP contribution in [0.1, 0.15) is 41.0 Å². The summed E-state index contributed by atoms with van der Waals surface area (Å²) in [5, 5.41) is 0. The SMILES string of the molecule is FC(F)(F)c1cccc(/C=N\C2C3CCN(CC3)C2C(c2ccccc2)c2ccccc2)c1. The Labute approximate surface area is 192 Å². The Hall–Kier alpha value is -2.92. The molecule has 170 valence electrons. The predicted molar refractivity (Wildman–Crippen MR) is 126 cm³/mol. The van der Waals surface area contributed by atoms with Crippen molar-refractivity contribution in [3.8, 4) is 0 Å². The van der Waals surface area contributed by atoms with E-state index in [1.807, 2.05) is 12.1 Å². The van der Waals surface area contributed by atoms with Gasteiger partial charge in [0.2, 0.25) is 0 Å². The molecule has 0 aromatic heterocycles. The van der Waals surface area contributed by atoms with Crippen molar-refractivity contribution in [2.45, 2.75) is 37.0 Å². The highest BCUT2D eigenvalue weighted by Crippen LogP contribution is 2.43. The molecule has 0 amide bonds. The van der Waals surface area contributed by atoms with E-state index < -0.39 is 11.7 Å². The Bertz CT molecular complexity index is 1050. The summed E-state index contributed by atoms with van der Waals surface area (Å²) in [7, 11) is 0. The first kappa shape index (κ1) is 21.9. The first-order valence-corrected chi connectivity index (χ1v) is 11.5. The summed E-state index contributed by atoms with van der Waals surface area (Å²) in [6, 6.07) is 26.7. The number of alkyl halides is 3. The summed E-state index contributed by atoms with van der Waals surface area (Å²) in [6.07, 6.45) is -0.537. The lowest BCUT2D eigenvalue weighted by molar-refractivity contribution is -0.137. The van der Waals surface area contributed by atoms with E-state index in [-0.39, 0.29) is 18.0 Å². The van der Waals surface area contributed by atoms with Crippen LogP contribution in [0.2, 0.25) is 0 Å². The Morgan fingerprint density at radius 2 is 1.42 bits per heavy atom. The van der Waals surface area contributed by atoms with Crippen molar-refractivity contribution in [3.05, 3.63) is 107 Å². The van der Waals surface area contributed by atoms with Crippen LogP contribution in [0.3, 0.4) is 0 Å². The lowest BCUT2D eigenvalue weighted by Gasteiger charge is -2.52. The van der Waals surface area contributed by atoms with E-state index in [1.54, 1.807) is 12.3 Å². The number of benzene rings is 3. The maximum absolute atomic E-state index is 13.2. The van der Waals surface area contributed by atoms with Crippen LogP contribution in [0, 0.1) is 5.92 Å². The summed E-state index contributed by atoms with van der Waals surface area (Å²) in [5.74, 6) is 0.594. The smallest absolute Gasteiger partial charge is 0.297 e. The summed E-state index contributed by atoms with van der Waals surface area (Å²) in [5.41, 5.74) is 2.36. The second-order valence-electron chi connectivity index (χ2n) is 9.06. The zero-order chi connectivity index (χ0) is 22.8. The van der Waals surface area contributed by atoms with Crippen molar-refractivity contribution in [1.29, 1.82) is 0 Å². The van der Waals surface area contributed by atoms with E-state index in [4.69, 9.17) is 4.99 Å². The van der Waals surface area contributed by atoms with Gasteiger partial charge in [0.1, 0.15) is 0 Å². The molecular formula is C28H27F3N2. The van der Waals surface area contributed by atoms with Crippen LogP contribution < -0.4 is 0 Å². The summed E-state index contributed by atoms with van der Waals surface area (Å²) in [4.78, 5) is 7.52. The second kappa shape index (κ2) is 9.14. The Balaban J connectivity index is 1.53. The number of fused-ring (bicyclic) bond motifs is 3. The minimum atomic E-state index is -4.35. The third kappa shape index (κ3) is 4.60. The lowest BCUT2D eigenvalue weighted by atomic mass is 9.71. The number of nitrogens with zero attached hydrogens (tertiary/aromatic N) is 2. The van der Waals surface area contributed by atoms with Gasteiger partial charge < -0.3 is 0 Å². The highest BCUT2D eigenvalue weighted by Gasteiger charge is 2.46. The Morgan fingerprint density at radius 3 is 2.00 bits per heavy atom. The lowest BCUT2D eigenvalue weighted by Crippen LogP contribution is -2.59. The topological polar surface area (TPSA) is 15.6 Å². The van der Waals surface area contributed by atoms with E-state index in [0.29, 0.717) is 11.5 Å². The molecule has 2 unspecified atom stereocenters. The standard InChI is InChI=1S/C28H27F3N2/c29-28(30,31)24-13-7-8-20(18-24)19-32-26-23-14-16-33(17-15-23)27(26)25(21-9-3-1-4-10-21)22-11-5-2-6-12-22/h1-13,18-19,23,25-27H,14-17H2/b32-19-. The number of halogens is 3. The van der Waals surface area contributed by atoms with E-state index in [2.05, 4.69) is 53.4 Å². The molecule has 0 saturated carbocycles. The number of aliphatic imine (C=N–C) groups is 1. The maximum Gasteiger partial charge on any atom is 0.416 e. The van der Waals surface area contributed by atoms with Crippen LogP contribution >= 0.6 is 0 Å². The van der Waals surface area contributed by atoms with Gasteiger partial charge in [0, 0.05) is 18.2 Å². The van der Waals surface area contributed by atoms with Crippen molar-refractivity contribution in [1.82, 2.24) is 4.90 Å². The van der Waals surface area contributed by atoms with E-state index in [0.717, 1.165) is 32.0 Å². The average molecular weight is 449 g/mol. The summed E-state index contributed by atoms with van der Waals surface area (Å²) < 4.78 is 39.5. The number of hydrogen-bond acceptors (Lipinski definition) is 2. The van der Waals surface area contributed by atoms with Crippen LogP contribution in [0.4, 0.5) is 13.2 Å². The molecule has 0 spiro atoms. The van der Waals surface area contributed by atoms with Gasteiger partial charge in [0.05, 0.1) is 11.6 Å². The van der Waals surface area contributed by atoms with Gasteiger partial charge in [0.15, 0.2) is 0 Å². The van der Waals surface area contributed by atoms with Gasteiger partial charge in [0.25, 0.3) is 0 Å². The Morgan fingerprint density at radius 1 is 0.818 bits per heavy atom. The highest BCUT2D eigenvalue weighted by atomic mass is 19.4. The van der Waals surface area contributed by atoms with Crippen molar-refractivity contribution in [2.75, 3.05) is 13.1 Å². The van der Waals surface area contributed by atoms with Gasteiger partial charge in [-0.1, -0.05) is 72.8 Å². The number of hydrogen-bond donors (Lipinski definition) is 0. The van der Waals surface area contributed by atoms with Crippen molar-refractivity contribution < 1.29 is 13.2 Å². The van der Waals surface area contributed by atoms with Gasteiger partial charge in [-0.25, -0.2) is 0 Å². The molecule has 33 heavy (non-hydrogen) atoms. The minimum Gasteiger partial charge on any atom is -0.297 e. The van der Waals surface area contributed by atoms with Crippen LogP contribution in [-0.4, -0.2) is 36.3 Å². The van der Waals surface area contributed by atoms with Gasteiger partial charge >= 0.3 is 6.18 Å². The first-order chi connectivity index (χ1) is 16.0. The van der Waals surface area contributed by atoms with Gasteiger partial charge in [-0.05, 0) is 60.7 Å². The third-order valence-electron chi connectivity index (χ3n) is 7.10. The summed E-state index contributed by atoms with van der Waals surface area (Å²) in [6.45, 7) is 2.09. The quantitative estimate of drug-likeness (QED) is 0.411. The molecule has 3 aliphatic rings. The van der Waals surface area contributed by atoms with Crippen LogP contribution in [0.25, 0.3) is 0 Å². The number of rotatable bonds is 5. The third-order valence-corrected chi connectivity index (χ3v) is 7.10. The molecular weight excluding hydrogens is 421 g/mol. The highest BCUT2D eigenvalue weighted by molar-refractivity contribution is 5.80.